The normalized spacial score (nSPS) is 15.8. The third-order valence-corrected chi connectivity index (χ3v) is 3.87. The molecule has 22 heavy (non-hydrogen) atoms. The SMILES string of the molecule is Fc1cc(N2CCN(CCOc3ccccc3)CC2)ccn1. The number of aromatic nitrogens is 1. The molecule has 0 N–H and O–H groups in total. The van der Waals surface area contributed by atoms with Crippen LogP contribution in [0.3, 0.4) is 0 Å². The number of anilines is 1. The van der Waals surface area contributed by atoms with E-state index in [1.54, 1.807) is 0 Å². The number of pyridine rings is 1. The summed E-state index contributed by atoms with van der Waals surface area (Å²) in [6, 6.07) is 13.2. The first-order valence-electron chi connectivity index (χ1n) is 7.58. The van der Waals surface area contributed by atoms with Gasteiger partial charge < -0.3 is 9.64 Å². The maximum Gasteiger partial charge on any atom is 0.214 e. The van der Waals surface area contributed by atoms with E-state index in [4.69, 9.17) is 4.74 Å². The number of hydrogen-bond acceptors (Lipinski definition) is 4. The zero-order chi connectivity index (χ0) is 15.2. The van der Waals surface area contributed by atoms with Crippen molar-refractivity contribution in [3.05, 3.63) is 54.6 Å². The topological polar surface area (TPSA) is 28.6 Å². The van der Waals surface area contributed by atoms with E-state index in [1.165, 1.54) is 12.3 Å². The van der Waals surface area contributed by atoms with E-state index in [0.29, 0.717) is 6.61 Å². The predicted molar refractivity (Wildman–Crippen MR) is 84.8 cm³/mol. The van der Waals surface area contributed by atoms with E-state index in [2.05, 4.69) is 14.8 Å². The molecule has 1 aliphatic rings. The Labute approximate surface area is 130 Å². The first kappa shape index (κ1) is 14.8. The van der Waals surface area contributed by atoms with Gasteiger partial charge in [0, 0.05) is 50.7 Å². The molecule has 0 spiro atoms. The smallest absolute Gasteiger partial charge is 0.214 e. The van der Waals surface area contributed by atoms with Crippen LogP contribution in [0.25, 0.3) is 0 Å². The van der Waals surface area contributed by atoms with E-state index in [9.17, 15) is 4.39 Å². The van der Waals surface area contributed by atoms with Gasteiger partial charge in [0.2, 0.25) is 5.95 Å². The summed E-state index contributed by atoms with van der Waals surface area (Å²) in [5.74, 6) is 0.490. The van der Waals surface area contributed by atoms with Crippen LogP contribution in [0.15, 0.2) is 48.7 Å². The summed E-state index contributed by atoms with van der Waals surface area (Å²) < 4.78 is 18.9. The van der Waals surface area contributed by atoms with Gasteiger partial charge in [-0.1, -0.05) is 18.2 Å². The quantitative estimate of drug-likeness (QED) is 0.793. The highest BCUT2D eigenvalue weighted by atomic mass is 19.1. The first-order valence-corrected chi connectivity index (χ1v) is 7.58. The lowest BCUT2D eigenvalue weighted by Crippen LogP contribution is -2.47. The summed E-state index contributed by atoms with van der Waals surface area (Å²) in [4.78, 5) is 8.16. The van der Waals surface area contributed by atoms with Crippen LogP contribution in [0.2, 0.25) is 0 Å². The second-order valence-corrected chi connectivity index (χ2v) is 5.33. The molecule has 1 saturated heterocycles. The summed E-state index contributed by atoms with van der Waals surface area (Å²) in [7, 11) is 0. The lowest BCUT2D eigenvalue weighted by molar-refractivity contribution is 0.200. The fourth-order valence-corrected chi connectivity index (χ4v) is 2.63. The molecule has 1 fully saturated rings. The Hall–Kier alpha value is -2.14. The molecular weight excluding hydrogens is 281 g/mol. The molecule has 0 saturated carbocycles. The second-order valence-electron chi connectivity index (χ2n) is 5.33. The van der Waals surface area contributed by atoms with E-state index in [0.717, 1.165) is 44.2 Å². The molecule has 1 aromatic heterocycles. The molecule has 2 heterocycles. The number of nitrogens with zero attached hydrogens (tertiary/aromatic N) is 3. The molecule has 2 aromatic rings. The molecule has 0 unspecified atom stereocenters. The number of benzene rings is 1. The minimum Gasteiger partial charge on any atom is -0.492 e. The van der Waals surface area contributed by atoms with Crippen molar-refractivity contribution in [3.8, 4) is 5.75 Å². The van der Waals surface area contributed by atoms with Gasteiger partial charge in [0.1, 0.15) is 12.4 Å². The van der Waals surface area contributed by atoms with Crippen LogP contribution < -0.4 is 9.64 Å². The van der Waals surface area contributed by atoms with Crippen molar-refractivity contribution in [1.29, 1.82) is 0 Å². The van der Waals surface area contributed by atoms with Crippen molar-refractivity contribution in [2.24, 2.45) is 0 Å². The van der Waals surface area contributed by atoms with Crippen molar-refractivity contribution >= 4 is 5.69 Å². The molecule has 0 atom stereocenters. The number of rotatable bonds is 5. The molecule has 1 aliphatic heterocycles. The molecule has 5 heteroatoms. The third kappa shape index (κ3) is 3.95. The number of hydrogen-bond donors (Lipinski definition) is 0. The Kier molecular flexibility index (Phi) is 4.85. The monoisotopic (exact) mass is 301 g/mol. The van der Waals surface area contributed by atoms with Crippen LogP contribution in [0.5, 0.6) is 5.75 Å². The lowest BCUT2D eigenvalue weighted by Gasteiger charge is -2.35. The molecule has 0 amide bonds. The molecule has 0 radical (unpaired) electrons. The van der Waals surface area contributed by atoms with Gasteiger partial charge in [0.15, 0.2) is 0 Å². The van der Waals surface area contributed by atoms with Gasteiger partial charge in [-0.2, -0.15) is 4.39 Å². The van der Waals surface area contributed by atoms with Gasteiger partial charge in [-0.3, -0.25) is 4.90 Å². The molecule has 0 bridgehead atoms. The van der Waals surface area contributed by atoms with E-state index in [-0.39, 0.29) is 0 Å². The number of halogens is 1. The lowest BCUT2D eigenvalue weighted by atomic mass is 10.2. The average Bonchev–Trinajstić information content (AvgIpc) is 2.56. The Morgan fingerprint density at radius 3 is 2.55 bits per heavy atom. The zero-order valence-corrected chi connectivity index (χ0v) is 12.5. The van der Waals surface area contributed by atoms with Gasteiger partial charge in [0.25, 0.3) is 0 Å². The maximum absolute atomic E-state index is 13.2. The van der Waals surface area contributed by atoms with Crippen LogP contribution in [-0.4, -0.2) is 49.2 Å². The Balaban J connectivity index is 1.42. The van der Waals surface area contributed by atoms with E-state index in [1.807, 2.05) is 36.4 Å². The van der Waals surface area contributed by atoms with Crippen LogP contribution in [0, 0.1) is 5.95 Å². The highest BCUT2D eigenvalue weighted by Crippen LogP contribution is 2.16. The number of piperazine rings is 1. The molecule has 1 aromatic carbocycles. The van der Waals surface area contributed by atoms with Crippen LogP contribution in [0.1, 0.15) is 0 Å². The van der Waals surface area contributed by atoms with E-state index < -0.39 is 5.95 Å². The first-order chi connectivity index (χ1) is 10.8. The van der Waals surface area contributed by atoms with Gasteiger partial charge in [-0.15, -0.1) is 0 Å². The molecule has 3 rings (SSSR count). The third-order valence-electron chi connectivity index (χ3n) is 3.87. The number of ether oxygens (including phenoxy) is 1. The average molecular weight is 301 g/mol. The van der Waals surface area contributed by atoms with Crippen molar-refractivity contribution < 1.29 is 9.13 Å². The standard InChI is InChI=1S/C17H20FN3O/c18-17-14-15(6-7-19-17)21-10-8-20(9-11-21)12-13-22-16-4-2-1-3-5-16/h1-7,14H,8-13H2. The minimum atomic E-state index is -0.420. The minimum absolute atomic E-state index is 0.420. The van der Waals surface area contributed by atoms with Crippen molar-refractivity contribution in [3.63, 3.8) is 0 Å². The Morgan fingerprint density at radius 1 is 1.05 bits per heavy atom. The van der Waals surface area contributed by atoms with Crippen molar-refractivity contribution in [2.45, 2.75) is 0 Å². The summed E-state index contributed by atoms with van der Waals surface area (Å²) in [6.45, 7) is 5.31. The highest BCUT2D eigenvalue weighted by molar-refractivity contribution is 5.45. The van der Waals surface area contributed by atoms with Crippen molar-refractivity contribution in [2.75, 3.05) is 44.2 Å². The largest absolute Gasteiger partial charge is 0.492 e. The summed E-state index contributed by atoms with van der Waals surface area (Å²) in [5, 5.41) is 0. The summed E-state index contributed by atoms with van der Waals surface area (Å²) in [6.07, 6.45) is 1.52. The predicted octanol–water partition coefficient (Wildman–Crippen LogP) is 2.42. The van der Waals surface area contributed by atoms with Gasteiger partial charge in [-0.05, 0) is 18.2 Å². The fraction of sp³-hybridized carbons (Fsp3) is 0.353. The summed E-state index contributed by atoms with van der Waals surface area (Å²) in [5.41, 5.74) is 0.910. The van der Waals surface area contributed by atoms with Crippen LogP contribution in [0.4, 0.5) is 10.1 Å². The fourth-order valence-electron chi connectivity index (χ4n) is 2.63. The number of para-hydroxylation sites is 1. The molecule has 116 valence electrons. The molecule has 0 aliphatic carbocycles. The van der Waals surface area contributed by atoms with E-state index >= 15 is 0 Å². The molecular formula is C17H20FN3O. The van der Waals surface area contributed by atoms with Gasteiger partial charge in [0.05, 0.1) is 0 Å². The van der Waals surface area contributed by atoms with Crippen LogP contribution >= 0.6 is 0 Å². The Morgan fingerprint density at radius 2 is 1.82 bits per heavy atom. The summed E-state index contributed by atoms with van der Waals surface area (Å²) >= 11 is 0. The second kappa shape index (κ2) is 7.22. The van der Waals surface area contributed by atoms with Gasteiger partial charge >= 0.3 is 0 Å². The molecule has 4 nitrogen and oxygen atoms in total. The highest BCUT2D eigenvalue weighted by Gasteiger charge is 2.17. The van der Waals surface area contributed by atoms with Gasteiger partial charge in [-0.25, -0.2) is 4.98 Å². The van der Waals surface area contributed by atoms with Crippen molar-refractivity contribution in [1.82, 2.24) is 9.88 Å². The van der Waals surface area contributed by atoms with Crippen LogP contribution in [-0.2, 0) is 0 Å². The zero-order valence-electron chi connectivity index (χ0n) is 12.5. The maximum atomic E-state index is 13.2. The Bertz CT molecular complexity index is 585.